The van der Waals surface area contributed by atoms with E-state index < -0.39 is 0 Å². The Hall–Kier alpha value is -3.73. The molecule has 0 saturated heterocycles. The van der Waals surface area contributed by atoms with Crippen molar-refractivity contribution < 1.29 is 14.3 Å². The number of benzene rings is 3. The van der Waals surface area contributed by atoms with Crippen LogP contribution in [-0.2, 0) is 4.79 Å². The summed E-state index contributed by atoms with van der Waals surface area (Å²) in [5.74, 6) is 1.79. The quantitative estimate of drug-likeness (QED) is 0.508. The van der Waals surface area contributed by atoms with E-state index in [0.717, 1.165) is 22.7 Å². The zero-order valence-electron chi connectivity index (χ0n) is 18.8. The number of methoxy groups -OCH3 is 2. The average molecular weight is 429 g/mol. The van der Waals surface area contributed by atoms with Crippen LogP contribution in [0.3, 0.4) is 0 Å². The van der Waals surface area contributed by atoms with Crippen molar-refractivity contribution in [2.45, 2.75) is 25.8 Å². The van der Waals surface area contributed by atoms with Crippen LogP contribution >= 0.6 is 0 Å². The topological polar surface area (TPSA) is 50.8 Å². The van der Waals surface area contributed by atoms with E-state index in [9.17, 15) is 4.79 Å². The maximum absolute atomic E-state index is 13.5. The van der Waals surface area contributed by atoms with Crippen molar-refractivity contribution >= 4 is 17.3 Å². The Labute approximate surface area is 189 Å². The Kier molecular flexibility index (Phi) is 6.17. The Morgan fingerprint density at radius 3 is 2.19 bits per heavy atom. The molecule has 0 bridgehead atoms. The third kappa shape index (κ3) is 4.33. The lowest BCUT2D eigenvalue weighted by molar-refractivity contribution is -0.114. The predicted molar refractivity (Wildman–Crippen MR) is 128 cm³/mol. The number of nitrogens with one attached hydrogen (secondary N) is 1. The van der Waals surface area contributed by atoms with Crippen LogP contribution in [-0.4, -0.2) is 20.1 Å². The molecule has 1 amide bonds. The summed E-state index contributed by atoms with van der Waals surface area (Å²) in [6.07, 6.45) is 1.98. The molecule has 1 atom stereocenters. The molecule has 0 saturated carbocycles. The van der Waals surface area contributed by atoms with Gasteiger partial charge in [0.1, 0.15) is 17.2 Å². The summed E-state index contributed by atoms with van der Waals surface area (Å²) in [6.45, 7) is 4.35. The normalized spacial score (nSPS) is 15.7. The molecule has 0 unspecified atom stereocenters. The third-order valence-electron chi connectivity index (χ3n) is 5.68. The molecular formula is C27H28N2O3. The fourth-order valence-electron chi connectivity index (χ4n) is 3.87. The summed E-state index contributed by atoms with van der Waals surface area (Å²) in [4.78, 5) is 15.3. The van der Waals surface area contributed by atoms with Crippen LogP contribution in [0.1, 0.15) is 36.9 Å². The van der Waals surface area contributed by atoms with Gasteiger partial charge in [0.05, 0.1) is 20.3 Å². The lowest BCUT2D eigenvalue weighted by Crippen LogP contribution is -2.30. The molecule has 0 fully saturated rings. The van der Waals surface area contributed by atoms with Crippen molar-refractivity contribution in [2.24, 2.45) is 0 Å². The average Bonchev–Trinajstić information content (AvgIpc) is 3.15. The largest absolute Gasteiger partial charge is 0.497 e. The molecule has 1 N–H and O–H groups in total. The van der Waals surface area contributed by atoms with Crippen molar-refractivity contribution in [3.63, 3.8) is 0 Å². The van der Waals surface area contributed by atoms with E-state index in [2.05, 4.69) is 43.4 Å². The van der Waals surface area contributed by atoms with Crippen LogP contribution in [0.25, 0.3) is 0 Å². The molecule has 164 valence electrons. The van der Waals surface area contributed by atoms with E-state index >= 15 is 0 Å². The molecule has 0 aliphatic carbocycles. The van der Waals surface area contributed by atoms with Crippen LogP contribution in [0.4, 0.5) is 11.4 Å². The molecule has 1 aliphatic rings. The maximum atomic E-state index is 13.5. The molecule has 3 aromatic rings. The first-order valence-corrected chi connectivity index (χ1v) is 10.7. The van der Waals surface area contributed by atoms with E-state index in [4.69, 9.17) is 9.47 Å². The highest BCUT2D eigenvalue weighted by Crippen LogP contribution is 2.37. The Balaban J connectivity index is 1.72. The molecule has 32 heavy (non-hydrogen) atoms. The van der Waals surface area contributed by atoms with Crippen molar-refractivity contribution in [1.82, 2.24) is 0 Å². The van der Waals surface area contributed by atoms with E-state index in [-0.39, 0.29) is 11.9 Å². The van der Waals surface area contributed by atoms with Gasteiger partial charge in [0.15, 0.2) is 0 Å². The van der Waals surface area contributed by atoms with Crippen LogP contribution in [0.2, 0.25) is 0 Å². The Morgan fingerprint density at radius 1 is 0.875 bits per heavy atom. The first kappa shape index (κ1) is 21.5. The summed E-state index contributed by atoms with van der Waals surface area (Å²) in [7, 11) is 3.25. The molecule has 0 spiro atoms. The maximum Gasteiger partial charge on any atom is 0.275 e. The predicted octanol–water partition coefficient (Wildman–Crippen LogP) is 5.91. The number of carbonyl (C=O) groups is 1. The summed E-state index contributed by atoms with van der Waals surface area (Å²) in [6, 6.07) is 23.4. The molecule has 0 radical (unpaired) electrons. The number of nitrogens with zero attached hydrogens (tertiary/aromatic N) is 1. The van der Waals surface area contributed by atoms with Crippen molar-refractivity contribution in [2.75, 3.05) is 24.4 Å². The summed E-state index contributed by atoms with van der Waals surface area (Å²) < 4.78 is 10.7. The minimum atomic E-state index is -0.232. The van der Waals surface area contributed by atoms with Crippen molar-refractivity contribution in [3.05, 3.63) is 95.7 Å². The summed E-state index contributed by atoms with van der Waals surface area (Å²) in [5, 5.41) is 3.28. The number of hydrogen-bond acceptors (Lipinski definition) is 4. The number of rotatable bonds is 7. The number of hydrogen-bond donors (Lipinski definition) is 1. The lowest BCUT2D eigenvalue weighted by atomic mass is 9.98. The summed E-state index contributed by atoms with van der Waals surface area (Å²) >= 11 is 0. The van der Waals surface area contributed by atoms with Gasteiger partial charge in [-0.1, -0.05) is 50.2 Å². The van der Waals surface area contributed by atoms with Gasteiger partial charge in [-0.05, 0) is 47.4 Å². The molecule has 1 heterocycles. The second-order valence-corrected chi connectivity index (χ2v) is 8.08. The van der Waals surface area contributed by atoms with Gasteiger partial charge in [0.2, 0.25) is 0 Å². The van der Waals surface area contributed by atoms with Gasteiger partial charge < -0.3 is 14.8 Å². The van der Waals surface area contributed by atoms with Gasteiger partial charge >= 0.3 is 0 Å². The van der Waals surface area contributed by atoms with E-state index in [1.165, 1.54) is 5.56 Å². The second kappa shape index (κ2) is 9.18. The monoisotopic (exact) mass is 428 g/mol. The summed E-state index contributed by atoms with van der Waals surface area (Å²) in [5.41, 5.74) is 4.42. The van der Waals surface area contributed by atoms with Gasteiger partial charge in [-0.25, -0.2) is 0 Å². The van der Waals surface area contributed by atoms with E-state index in [1.54, 1.807) is 19.1 Å². The van der Waals surface area contributed by atoms with Crippen LogP contribution in [0.5, 0.6) is 11.5 Å². The highest BCUT2D eigenvalue weighted by atomic mass is 16.5. The highest BCUT2D eigenvalue weighted by Gasteiger charge is 2.35. The standard InChI is InChI=1S/C27H28N2O3/c1-18(2)19-11-13-20(14-12-19)26-17-25(28-21-7-5-9-23(15-21)31-3)27(30)29(26)22-8-6-10-24(16-22)32-4/h5-18,26,28H,1-4H3/t26-/m1/s1. The Bertz CT molecular complexity index is 1140. The zero-order valence-corrected chi connectivity index (χ0v) is 18.8. The first-order valence-electron chi connectivity index (χ1n) is 10.7. The SMILES string of the molecule is COc1cccc(NC2=C[C@H](c3ccc(C(C)C)cc3)N(c3cccc(OC)c3)C2=O)c1. The molecule has 4 rings (SSSR count). The third-order valence-corrected chi connectivity index (χ3v) is 5.68. The lowest BCUT2D eigenvalue weighted by Gasteiger charge is -2.26. The molecule has 3 aromatic carbocycles. The molecule has 5 nitrogen and oxygen atoms in total. The van der Waals surface area contributed by atoms with E-state index in [1.807, 2.05) is 54.6 Å². The molecule has 1 aliphatic heterocycles. The van der Waals surface area contributed by atoms with Crippen LogP contribution in [0.15, 0.2) is 84.6 Å². The van der Waals surface area contributed by atoms with Crippen molar-refractivity contribution in [3.8, 4) is 11.5 Å². The fraction of sp³-hybridized carbons (Fsp3) is 0.222. The van der Waals surface area contributed by atoms with Gasteiger partial charge in [0.25, 0.3) is 5.91 Å². The molecule has 0 aromatic heterocycles. The number of anilines is 2. The van der Waals surface area contributed by atoms with Gasteiger partial charge in [0, 0.05) is 23.5 Å². The Morgan fingerprint density at radius 2 is 1.53 bits per heavy atom. The minimum Gasteiger partial charge on any atom is -0.497 e. The first-order chi connectivity index (χ1) is 15.5. The molecular weight excluding hydrogens is 400 g/mol. The van der Waals surface area contributed by atoms with Crippen LogP contribution < -0.4 is 19.7 Å². The van der Waals surface area contributed by atoms with Crippen molar-refractivity contribution in [1.29, 1.82) is 0 Å². The van der Waals surface area contributed by atoms with Gasteiger partial charge in [-0.2, -0.15) is 0 Å². The number of amides is 1. The second-order valence-electron chi connectivity index (χ2n) is 8.08. The smallest absolute Gasteiger partial charge is 0.275 e. The van der Waals surface area contributed by atoms with Gasteiger partial charge in [-0.3, -0.25) is 9.69 Å². The minimum absolute atomic E-state index is 0.0981. The molecule has 5 heteroatoms. The van der Waals surface area contributed by atoms with E-state index in [0.29, 0.717) is 17.4 Å². The van der Waals surface area contributed by atoms with Crippen LogP contribution in [0, 0.1) is 0 Å². The highest BCUT2D eigenvalue weighted by molar-refractivity contribution is 6.11. The zero-order chi connectivity index (χ0) is 22.7. The number of ether oxygens (including phenoxy) is 2. The number of carbonyl (C=O) groups excluding carboxylic acids is 1. The fourth-order valence-corrected chi connectivity index (χ4v) is 3.87. The van der Waals surface area contributed by atoms with Gasteiger partial charge in [-0.15, -0.1) is 0 Å².